The molecule has 0 aliphatic rings. The molecule has 0 aliphatic carbocycles. The van der Waals surface area contributed by atoms with E-state index in [1.807, 2.05) is 13.8 Å². The Labute approximate surface area is 104 Å². The molecule has 1 heterocycles. The highest BCUT2D eigenvalue weighted by atomic mass is 15.0. The highest BCUT2D eigenvalue weighted by Crippen LogP contribution is 2.24. The molecule has 0 aromatic carbocycles. The Bertz CT molecular complexity index is 368. The molecule has 4 nitrogen and oxygen atoms in total. The Balaban J connectivity index is 2.82. The predicted octanol–water partition coefficient (Wildman–Crippen LogP) is 2.27. The molecule has 0 aliphatic heterocycles. The van der Waals surface area contributed by atoms with Gasteiger partial charge >= 0.3 is 0 Å². The average molecular weight is 236 g/mol. The van der Waals surface area contributed by atoms with Crippen LogP contribution in [0.1, 0.15) is 38.6 Å². The van der Waals surface area contributed by atoms with Crippen molar-refractivity contribution in [2.75, 3.05) is 11.9 Å². The van der Waals surface area contributed by atoms with Crippen LogP contribution in [-0.2, 0) is 0 Å². The van der Waals surface area contributed by atoms with Gasteiger partial charge < -0.3 is 11.1 Å². The first-order valence-electron chi connectivity index (χ1n) is 6.11. The molecule has 1 atom stereocenters. The molecule has 1 aromatic rings. The molecule has 1 unspecified atom stereocenters. The van der Waals surface area contributed by atoms with E-state index >= 15 is 0 Å². The molecular formula is C13H24N4. The summed E-state index contributed by atoms with van der Waals surface area (Å²) in [5.74, 6) is 0.835. The first kappa shape index (κ1) is 13.9. The fourth-order valence-electron chi connectivity index (χ4n) is 1.68. The minimum Gasteiger partial charge on any atom is -0.365 e. The lowest BCUT2D eigenvalue weighted by atomic mass is 9.85. The highest BCUT2D eigenvalue weighted by molar-refractivity contribution is 5.35. The molecule has 1 rings (SSSR count). The predicted molar refractivity (Wildman–Crippen MR) is 72.0 cm³/mol. The summed E-state index contributed by atoms with van der Waals surface area (Å²) >= 11 is 0. The van der Waals surface area contributed by atoms with Gasteiger partial charge in [0.1, 0.15) is 5.82 Å². The summed E-state index contributed by atoms with van der Waals surface area (Å²) < 4.78 is 0. The lowest BCUT2D eigenvalue weighted by Gasteiger charge is -2.31. The van der Waals surface area contributed by atoms with Crippen LogP contribution in [0.5, 0.6) is 0 Å². The Morgan fingerprint density at radius 1 is 1.29 bits per heavy atom. The fraction of sp³-hybridized carbons (Fsp3) is 0.692. The van der Waals surface area contributed by atoms with E-state index in [2.05, 4.69) is 36.1 Å². The molecule has 0 spiro atoms. The first-order chi connectivity index (χ1) is 7.84. The molecule has 0 amide bonds. The van der Waals surface area contributed by atoms with E-state index in [1.165, 1.54) is 0 Å². The molecule has 17 heavy (non-hydrogen) atoms. The van der Waals surface area contributed by atoms with Crippen LogP contribution in [0.15, 0.2) is 6.20 Å². The van der Waals surface area contributed by atoms with E-state index in [9.17, 15) is 0 Å². The summed E-state index contributed by atoms with van der Waals surface area (Å²) in [4.78, 5) is 8.81. The van der Waals surface area contributed by atoms with Crippen molar-refractivity contribution >= 4 is 5.82 Å². The summed E-state index contributed by atoms with van der Waals surface area (Å²) in [5.41, 5.74) is 7.75. The third-order valence-corrected chi connectivity index (χ3v) is 3.02. The second-order valence-corrected chi connectivity index (χ2v) is 5.57. The Hall–Kier alpha value is -1.16. The number of rotatable bonds is 4. The van der Waals surface area contributed by atoms with Crippen molar-refractivity contribution in [3.05, 3.63) is 17.6 Å². The van der Waals surface area contributed by atoms with E-state index in [1.54, 1.807) is 6.20 Å². The van der Waals surface area contributed by atoms with Gasteiger partial charge in [-0.3, -0.25) is 4.98 Å². The number of nitrogens with two attached hydrogens (primary N) is 1. The number of hydrogen-bond acceptors (Lipinski definition) is 4. The van der Waals surface area contributed by atoms with Crippen LogP contribution in [0.2, 0.25) is 0 Å². The Kier molecular flexibility index (Phi) is 4.46. The summed E-state index contributed by atoms with van der Waals surface area (Å²) in [7, 11) is 0. The van der Waals surface area contributed by atoms with Crippen molar-refractivity contribution in [3.8, 4) is 0 Å². The molecule has 3 N–H and O–H groups in total. The lowest BCUT2D eigenvalue weighted by molar-refractivity contribution is 0.328. The third-order valence-electron chi connectivity index (χ3n) is 3.02. The second kappa shape index (κ2) is 5.45. The number of aromatic nitrogens is 2. The van der Waals surface area contributed by atoms with Gasteiger partial charge in [0.05, 0.1) is 17.6 Å². The minimum absolute atomic E-state index is 0.153. The van der Waals surface area contributed by atoms with Crippen molar-refractivity contribution in [1.29, 1.82) is 0 Å². The van der Waals surface area contributed by atoms with Crippen LogP contribution in [-0.4, -0.2) is 22.6 Å². The van der Waals surface area contributed by atoms with Crippen molar-refractivity contribution in [2.24, 2.45) is 11.1 Å². The Morgan fingerprint density at radius 3 is 2.41 bits per heavy atom. The van der Waals surface area contributed by atoms with E-state index in [-0.39, 0.29) is 5.41 Å². The Morgan fingerprint density at radius 2 is 1.94 bits per heavy atom. The van der Waals surface area contributed by atoms with Gasteiger partial charge in [-0.25, -0.2) is 4.98 Å². The van der Waals surface area contributed by atoms with Crippen LogP contribution in [0.3, 0.4) is 0 Å². The van der Waals surface area contributed by atoms with Crippen LogP contribution < -0.4 is 11.1 Å². The zero-order valence-corrected chi connectivity index (χ0v) is 11.5. The van der Waals surface area contributed by atoms with E-state index < -0.39 is 0 Å². The summed E-state index contributed by atoms with van der Waals surface area (Å²) in [5, 5.41) is 3.43. The molecule has 0 fully saturated rings. The van der Waals surface area contributed by atoms with E-state index in [4.69, 9.17) is 5.73 Å². The molecule has 1 aromatic heterocycles. The van der Waals surface area contributed by atoms with Crippen LogP contribution in [0.25, 0.3) is 0 Å². The molecule has 96 valence electrons. The van der Waals surface area contributed by atoms with Crippen LogP contribution in [0, 0.1) is 19.3 Å². The molecular weight excluding hydrogens is 212 g/mol. The lowest BCUT2D eigenvalue weighted by Crippen LogP contribution is -2.36. The second-order valence-electron chi connectivity index (χ2n) is 5.57. The van der Waals surface area contributed by atoms with Crippen molar-refractivity contribution in [1.82, 2.24) is 9.97 Å². The van der Waals surface area contributed by atoms with Gasteiger partial charge in [-0.15, -0.1) is 0 Å². The number of hydrogen-bond donors (Lipinski definition) is 2. The summed E-state index contributed by atoms with van der Waals surface area (Å²) in [6.45, 7) is 11.2. The maximum absolute atomic E-state index is 5.66. The SMILES string of the molecule is Cc1ncc(NC(CCN)C(C)(C)C)nc1C. The number of nitrogens with zero attached hydrogens (tertiary/aromatic N) is 2. The van der Waals surface area contributed by atoms with Gasteiger partial charge in [-0.05, 0) is 32.2 Å². The smallest absolute Gasteiger partial charge is 0.145 e. The molecule has 4 heteroatoms. The van der Waals surface area contributed by atoms with E-state index in [0.717, 1.165) is 23.6 Å². The van der Waals surface area contributed by atoms with Crippen LogP contribution >= 0.6 is 0 Å². The quantitative estimate of drug-likeness (QED) is 0.841. The largest absolute Gasteiger partial charge is 0.365 e. The molecule has 0 saturated heterocycles. The average Bonchev–Trinajstić information content (AvgIpc) is 2.21. The number of anilines is 1. The van der Waals surface area contributed by atoms with Gasteiger partial charge in [0.25, 0.3) is 0 Å². The number of aryl methyl sites for hydroxylation is 2. The topological polar surface area (TPSA) is 63.8 Å². The first-order valence-corrected chi connectivity index (χ1v) is 6.11. The van der Waals surface area contributed by atoms with Gasteiger partial charge in [-0.2, -0.15) is 0 Å². The van der Waals surface area contributed by atoms with Gasteiger partial charge in [-0.1, -0.05) is 20.8 Å². The van der Waals surface area contributed by atoms with Gasteiger partial charge in [0, 0.05) is 6.04 Å². The van der Waals surface area contributed by atoms with Gasteiger partial charge in [0.15, 0.2) is 0 Å². The zero-order valence-electron chi connectivity index (χ0n) is 11.5. The monoisotopic (exact) mass is 236 g/mol. The molecule has 0 radical (unpaired) electrons. The maximum atomic E-state index is 5.66. The highest BCUT2D eigenvalue weighted by Gasteiger charge is 2.24. The van der Waals surface area contributed by atoms with Crippen molar-refractivity contribution in [2.45, 2.75) is 47.1 Å². The fourth-order valence-corrected chi connectivity index (χ4v) is 1.68. The third kappa shape index (κ3) is 3.97. The molecule has 0 bridgehead atoms. The zero-order chi connectivity index (χ0) is 13.1. The maximum Gasteiger partial charge on any atom is 0.145 e. The standard InChI is InChI=1S/C13H24N4/c1-9-10(2)16-12(8-15-9)17-11(6-7-14)13(3,4)5/h8,11H,6-7,14H2,1-5H3,(H,16,17). The summed E-state index contributed by atoms with van der Waals surface area (Å²) in [6.07, 6.45) is 2.72. The minimum atomic E-state index is 0.153. The van der Waals surface area contributed by atoms with Crippen LogP contribution in [0.4, 0.5) is 5.82 Å². The molecule has 0 saturated carbocycles. The van der Waals surface area contributed by atoms with E-state index in [0.29, 0.717) is 12.6 Å². The van der Waals surface area contributed by atoms with Gasteiger partial charge in [0.2, 0.25) is 0 Å². The summed E-state index contributed by atoms with van der Waals surface area (Å²) in [6, 6.07) is 0.309. The normalized spacial score (nSPS) is 13.5. The van der Waals surface area contributed by atoms with Crippen molar-refractivity contribution < 1.29 is 0 Å². The van der Waals surface area contributed by atoms with Crippen molar-refractivity contribution in [3.63, 3.8) is 0 Å². The number of nitrogens with one attached hydrogen (secondary N) is 1.